The number of ether oxygens (including phenoxy) is 2. The molecule has 0 atom stereocenters. The molecule has 0 radical (unpaired) electrons. The number of aliphatic hydroxyl groups is 1. The van der Waals surface area contributed by atoms with Crippen LogP contribution in [0.15, 0.2) is 58.5 Å². The maximum atomic E-state index is 11.1. The number of nitrogens with zero attached hydrogens (tertiary/aromatic N) is 2. The highest BCUT2D eigenvalue weighted by Gasteiger charge is 2.21. The van der Waals surface area contributed by atoms with E-state index in [0.717, 1.165) is 35.5 Å². The van der Waals surface area contributed by atoms with Gasteiger partial charge in [0, 0.05) is 11.1 Å². The molecule has 29 heavy (non-hydrogen) atoms. The first-order chi connectivity index (χ1) is 14.1. The molecule has 2 aliphatic rings. The van der Waals surface area contributed by atoms with Gasteiger partial charge in [0.15, 0.2) is 0 Å². The second kappa shape index (κ2) is 10.1. The minimum absolute atomic E-state index is 0.0463. The lowest BCUT2D eigenvalue weighted by molar-refractivity contribution is 0.183. The third kappa shape index (κ3) is 5.40. The summed E-state index contributed by atoms with van der Waals surface area (Å²) >= 11 is 0.287. The Kier molecular flexibility index (Phi) is 7.32. The third-order valence-corrected chi connectivity index (χ3v) is 5.10. The number of aliphatic hydroxyl groups excluding tert-OH is 1. The smallest absolute Gasteiger partial charge is 0.249 e. The van der Waals surface area contributed by atoms with Crippen molar-refractivity contribution in [3.63, 3.8) is 0 Å². The lowest BCUT2D eigenvalue weighted by Crippen LogP contribution is -2.13. The molecule has 152 valence electrons. The van der Waals surface area contributed by atoms with Gasteiger partial charge in [0.2, 0.25) is 5.11 Å². The summed E-state index contributed by atoms with van der Waals surface area (Å²) in [5.41, 5.74) is 3.11. The molecule has 0 saturated heterocycles. The summed E-state index contributed by atoms with van der Waals surface area (Å²) < 4.78 is 21.4. The van der Waals surface area contributed by atoms with Gasteiger partial charge in [-0.25, -0.2) is 14.2 Å². The van der Waals surface area contributed by atoms with Gasteiger partial charge in [-0.2, -0.15) is 0 Å². The number of rotatable bonds is 4. The summed E-state index contributed by atoms with van der Waals surface area (Å²) in [4.78, 5) is 8.68. The zero-order valence-corrected chi connectivity index (χ0v) is 17.3. The molecule has 0 amide bonds. The van der Waals surface area contributed by atoms with Crippen LogP contribution in [-0.2, 0) is 11.3 Å². The topological polar surface area (TPSA) is 80.5 Å². The Labute approximate surface area is 174 Å². The summed E-state index contributed by atoms with van der Waals surface area (Å²) in [6, 6.07) is 15.0. The third-order valence-electron chi connectivity index (χ3n) is 4.77. The fourth-order valence-electron chi connectivity index (χ4n) is 3.16. The summed E-state index contributed by atoms with van der Waals surface area (Å²) in [6.45, 7) is 0. The molecule has 1 aliphatic heterocycles. The van der Waals surface area contributed by atoms with Crippen LogP contribution in [0.25, 0.3) is 0 Å². The Hall–Kier alpha value is -2.77. The molecule has 1 N–H and O–H groups in total. The van der Waals surface area contributed by atoms with Gasteiger partial charge in [-0.3, -0.25) is 0 Å². The molecule has 2 aromatic carbocycles. The second-order valence-corrected chi connectivity index (χ2v) is 7.21. The lowest BCUT2D eigenvalue weighted by atomic mass is 10.00. The van der Waals surface area contributed by atoms with Gasteiger partial charge in [0.25, 0.3) is 0 Å². The molecular formula is C22H24N2O4S. The van der Waals surface area contributed by atoms with Crippen LogP contribution in [0.5, 0.6) is 11.5 Å². The van der Waals surface area contributed by atoms with Crippen LogP contribution in [0, 0.1) is 0 Å². The van der Waals surface area contributed by atoms with E-state index in [2.05, 4.69) is 9.98 Å². The molecule has 4 rings (SSSR count). The molecule has 1 aliphatic carbocycles. The van der Waals surface area contributed by atoms with E-state index in [0.29, 0.717) is 11.4 Å². The molecule has 1 heterocycles. The summed E-state index contributed by atoms with van der Waals surface area (Å²) in [5, 5.41) is 8.94. The molecule has 1 fully saturated rings. The predicted octanol–water partition coefficient (Wildman–Crippen LogP) is 3.22. The van der Waals surface area contributed by atoms with Crippen molar-refractivity contribution in [1.82, 2.24) is 0 Å². The first-order valence-electron chi connectivity index (χ1n) is 9.46. The molecule has 1 saturated carbocycles. The van der Waals surface area contributed by atoms with Gasteiger partial charge >= 0.3 is 0 Å². The molecular weight excluding hydrogens is 388 g/mol. The summed E-state index contributed by atoms with van der Waals surface area (Å²) in [7, 11) is 3.23. The largest absolute Gasteiger partial charge is 0.497 e. The van der Waals surface area contributed by atoms with E-state index in [1.54, 1.807) is 14.2 Å². The molecule has 0 spiro atoms. The number of hydrogen-bond acceptors (Lipinski definition) is 4. The Bertz CT molecular complexity index is 874. The average Bonchev–Trinajstić information content (AvgIpc) is 3.43. The number of methoxy groups -OCH3 is 2. The van der Waals surface area contributed by atoms with E-state index in [1.165, 1.54) is 12.8 Å². The van der Waals surface area contributed by atoms with Crippen molar-refractivity contribution in [3.05, 3.63) is 59.7 Å². The van der Waals surface area contributed by atoms with Gasteiger partial charge in [0.1, 0.15) is 34.2 Å². The fourth-order valence-corrected chi connectivity index (χ4v) is 3.42. The van der Waals surface area contributed by atoms with Crippen molar-refractivity contribution < 1.29 is 18.8 Å². The molecule has 2 aromatic rings. The Morgan fingerprint density at radius 1 is 0.828 bits per heavy atom. The van der Waals surface area contributed by atoms with E-state index in [9.17, 15) is 4.21 Å². The minimum Gasteiger partial charge on any atom is -0.497 e. The minimum atomic E-state index is 0.0463. The Morgan fingerprint density at radius 3 is 1.52 bits per heavy atom. The van der Waals surface area contributed by atoms with Gasteiger partial charge < -0.3 is 14.6 Å². The maximum absolute atomic E-state index is 11.1. The molecule has 0 bridgehead atoms. The zero-order chi connectivity index (χ0) is 20.6. The zero-order valence-electron chi connectivity index (χ0n) is 16.5. The van der Waals surface area contributed by atoms with Crippen LogP contribution in [0.3, 0.4) is 0 Å². The highest BCUT2D eigenvalue weighted by molar-refractivity contribution is 7.66. The average molecular weight is 413 g/mol. The molecule has 0 unspecified atom stereocenters. The highest BCUT2D eigenvalue weighted by Crippen LogP contribution is 2.20. The maximum Gasteiger partial charge on any atom is 0.249 e. The second-order valence-electron chi connectivity index (χ2n) is 6.68. The van der Waals surface area contributed by atoms with Gasteiger partial charge in [-0.1, -0.05) is 12.8 Å². The predicted molar refractivity (Wildman–Crippen MR) is 117 cm³/mol. The summed E-state index contributed by atoms with van der Waals surface area (Å²) in [5.74, 6) is 1.52. The van der Waals surface area contributed by atoms with E-state index < -0.39 is 0 Å². The number of hydrogen-bond donors (Lipinski definition) is 1. The fraction of sp³-hybridized carbons (Fsp3) is 0.318. The Morgan fingerprint density at radius 2 is 1.24 bits per heavy atom. The monoisotopic (exact) mass is 412 g/mol. The van der Waals surface area contributed by atoms with E-state index >= 15 is 0 Å². The van der Waals surface area contributed by atoms with E-state index in [-0.39, 0.29) is 22.5 Å². The summed E-state index contributed by atoms with van der Waals surface area (Å²) in [6.07, 6.45) is 4.60. The van der Waals surface area contributed by atoms with Gasteiger partial charge in [-0.05, 0) is 61.4 Å². The van der Waals surface area contributed by atoms with Crippen LogP contribution in [0.4, 0.5) is 0 Å². The van der Waals surface area contributed by atoms with Crippen molar-refractivity contribution in [1.29, 1.82) is 0 Å². The van der Waals surface area contributed by atoms with Crippen LogP contribution >= 0.6 is 0 Å². The SMILES string of the molecule is COc1ccc(C2=NC(=S=O)N=C2c2ccc(OC)cc2)cc1.OC1CCCC1. The van der Waals surface area contributed by atoms with Crippen LogP contribution in [0.1, 0.15) is 36.8 Å². The Balaban J connectivity index is 0.000000343. The van der Waals surface area contributed by atoms with Gasteiger partial charge in [0.05, 0.1) is 20.3 Å². The van der Waals surface area contributed by atoms with Crippen molar-refractivity contribution in [2.75, 3.05) is 14.2 Å². The molecule has 7 heteroatoms. The van der Waals surface area contributed by atoms with E-state index in [4.69, 9.17) is 14.6 Å². The van der Waals surface area contributed by atoms with Gasteiger partial charge in [-0.15, -0.1) is 0 Å². The number of benzene rings is 2. The highest BCUT2D eigenvalue weighted by atomic mass is 32.1. The standard InChI is InChI=1S/C17H14N2O3S.C5H10O/c1-21-13-7-3-11(4-8-13)15-16(19-17(18-15)23-20)12-5-9-14(22-2)10-6-12;6-5-3-1-2-4-5/h3-10H,1-2H3;5-6H,1-4H2. The first-order valence-corrected chi connectivity index (χ1v) is 10.2. The van der Waals surface area contributed by atoms with Crippen molar-refractivity contribution >= 4 is 27.8 Å². The van der Waals surface area contributed by atoms with Crippen LogP contribution in [0.2, 0.25) is 0 Å². The normalized spacial score (nSPS) is 15.9. The first kappa shape index (κ1) is 21.0. The van der Waals surface area contributed by atoms with E-state index in [1.807, 2.05) is 48.5 Å². The van der Waals surface area contributed by atoms with Crippen molar-refractivity contribution in [2.45, 2.75) is 31.8 Å². The van der Waals surface area contributed by atoms with Crippen molar-refractivity contribution in [2.24, 2.45) is 9.98 Å². The molecule has 0 aromatic heterocycles. The van der Waals surface area contributed by atoms with Crippen LogP contribution < -0.4 is 9.47 Å². The number of aliphatic imine (C=N–C) groups is 2. The lowest BCUT2D eigenvalue weighted by Gasteiger charge is -2.07. The quantitative estimate of drug-likeness (QED) is 0.782. The van der Waals surface area contributed by atoms with Crippen molar-refractivity contribution in [3.8, 4) is 11.5 Å². The molecule has 6 nitrogen and oxygen atoms in total. The van der Waals surface area contributed by atoms with Crippen LogP contribution in [-0.4, -0.2) is 46.2 Å².